The van der Waals surface area contributed by atoms with Crippen LogP contribution in [0.5, 0.6) is 0 Å². The Hall–Kier alpha value is -2.78. The maximum Gasteiger partial charge on any atom is 0.362 e. The molecule has 1 saturated heterocycles. The van der Waals surface area contributed by atoms with E-state index >= 15 is 0 Å². The number of nitrogens with zero attached hydrogens (tertiary/aromatic N) is 4. The molecule has 1 aromatic rings. The van der Waals surface area contributed by atoms with E-state index in [4.69, 9.17) is 15.5 Å². The number of hydrogen-bond acceptors (Lipinski definition) is 11. The van der Waals surface area contributed by atoms with Gasteiger partial charge in [0.15, 0.2) is 10.8 Å². The van der Waals surface area contributed by atoms with Crippen molar-refractivity contribution in [1.29, 1.82) is 0 Å². The van der Waals surface area contributed by atoms with E-state index in [9.17, 15) is 18.0 Å². The molecule has 2 atom stereocenters. The van der Waals surface area contributed by atoms with Gasteiger partial charge in [0.1, 0.15) is 24.9 Å². The topological polar surface area (TPSA) is 197 Å². The van der Waals surface area contributed by atoms with Crippen molar-refractivity contribution in [3.05, 3.63) is 11.1 Å². The number of β-lactam (4-membered cyclic amide) rings is 1. The number of aromatic nitrogens is 1. The molecule has 0 radical (unpaired) electrons. The minimum absolute atomic E-state index is 0.0473. The van der Waals surface area contributed by atoms with Gasteiger partial charge in [0, 0.05) is 5.38 Å². The first-order valence-corrected chi connectivity index (χ1v) is 8.60. The van der Waals surface area contributed by atoms with Crippen LogP contribution in [0.1, 0.15) is 5.69 Å². The van der Waals surface area contributed by atoms with E-state index in [0.717, 1.165) is 11.3 Å². The Morgan fingerprint density at radius 2 is 2.28 bits per heavy atom. The number of thiazole rings is 1. The molecule has 2 heterocycles. The van der Waals surface area contributed by atoms with E-state index in [2.05, 4.69) is 25.4 Å². The van der Waals surface area contributed by atoms with Crippen molar-refractivity contribution < 1.29 is 32.6 Å². The first-order valence-electron chi connectivity index (χ1n) is 6.32. The van der Waals surface area contributed by atoms with E-state index in [-0.39, 0.29) is 20.8 Å². The quantitative estimate of drug-likeness (QED) is 0.139. The SMILES string of the molecule is CO/N=C(\C(=O)N[C@@H]1C(=O)N(S(=O)(=O)O)[C@@H]1/C=N/O)c1csc(N)n1. The average molecular weight is 392 g/mol. The standard InChI is InChI=1S/C10H12N6O7S2/c1-23-15-6(4-3-24-10(11)13-4)8(17)14-7-5(2-12-19)16(9(7)18)25(20,21)22/h2-3,5,7,19H,1H3,(H2,11,13)(H,14,17)(H,20,21,22)/b12-2+,15-6-/t5-,7+/m1/s1. The van der Waals surface area contributed by atoms with Gasteiger partial charge in [-0.1, -0.05) is 10.3 Å². The lowest BCUT2D eigenvalue weighted by molar-refractivity contribution is -0.141. The van der Waals surface area contributed by atoms with Crippen molar-refractivity contribution in [2.45, 2.75) is 12.1 Å². The molecule has 0 bridgehead atoms. The normalized spacial score (nSPS) is 21.3. The van der Waals surface area contributed by atoms with Gasteiger partial charge < -0.3 is 21.1 Å². The van der Waals surface area contributed by atoms with Gasteiger partial charge in [0.2, 0.25) is 0 Å². The van der Waals surface area contributed by atoms with Crippen LogP contribution in [0.25, 0.3) is 0 Å². The second-order valence-electron chi connectivity index (χ2n) is 4.51. The number of nitrogens with two attached hydrogens (primary N) is 1. The fourth-order valence-corrected chi connectivity index (χ4v) is 3.39. The predicted molar refractivity (Wildman–Crippen MR) is 84.5 cm³/mol. The number of hydrogen-bond donors (Lipinski definition) is 4. The Morgan fingerprint density at radius 1 is 1.60 bits per heavy atom. The number of amides is 2. The highest BCUT2D eigenvalue weighted by atomic mass is 32.2. The maximum absolute atomic E-state index is 12.3. The molecule has 0 spiro atoms. The third-order valence-corrected chi connectivity index (χ3v) is 4.61. The highest BCUT2D eigenvalue weighted by molar-refractivity contribution is 7.84. The van der Waals surface area contributed by atoms with Crippen LogP contribution in [-0.4, -0.2) is 70.4 Å². The zero-order valence-corrected chi connectivity index (χ0v) is 14.1. The summed E-state index contributed by atoms with van der Waals surface area (Å²) in [6, 6.07) is -2.83. The maximum atomic E-state index is 12.3. The molecule has 5 N–H and O–H groups in total. The van der Waals surface area contributed by atoms with Gasteiger partial charge in [-0.2, -0.15) is 8.42 Å². The molecule has 1 aliphatic heterocycles. The molecule has 1 fully saturated rings. The molecule has 13 nitrogen and oxygen atoms in total. The molecule has 0 aliphatic carbocycles. The summed E-state index contributed by atoms with van der Waals surface area (Å²) in [6.45, 7) is 0. The van der Waals surface area contributed by atoms with Crippen LogP contribution in [-0.2, 0) is 24.7 Å². The van der Waals surface area contributed by atoms with Crippen LogP contribution >= 0.6 is 11.3 Å². The van der Waals surface area contributed by atoms with E-state index in [0.29, 0.717) is 6.21 Å². The molecule has 2 rings (SSSR count). The van der Waals surface area contributed by atoms with Gasteiger partial charge in [-0.3, -0.25) is 14.1 Å². The van der Waals surface area contributed by atoms with Crippen LogP contribution in [0.4, 0.5) is 5.13 Å². The zero-order chi connectivity index (χ0) is 18.8. The number of nitrogens with one attached hydrogen (secondary N) is 1. The van der Waals surface area contributed by atoms with Crippen LogP contribution in [0.3, 0.4) is 0 Å². The number of anilines is 1. The number of rotatable bonds is 6. The van der Waals surface area contributed by atoms with Gasteiger partial charge in [-0.25, -0.2) is 9.29 Å². The fraction of sp³-hybridized carbons (Fsp3) is 0.300. The third-order valence-electron chi connectivity index (χ3n) is 3.01. The number of oxime groups is 2. The molecule has 15 heteroatoms. The zero-order valence-electron chi connectivity index (χ0n) is 12.4. The monoisotopic (exact) mass is 392 g/mol. The predicted octanol–water partition coefficient (Wildman–Crippen LogP) is -1.97. The molecule has 0 unspecified atom stereocenters. The first-order chi connectivity index (χ1) is 11.7. The molecular weight excluding hydrogens is 380 g/mol. The van der Waals surface area contributed by atoms with Crippen molar-refractivity contribution in [2.75, 3.05) is 12.8 Å². The van der Waals surface area contributed by atoms with Crippen LogP contribution in [0.2, 0.25) is 0 Å². The molecular formula is C10H12N6O7S2. The molecule has 2 amide bonds. The Bertz CT molecular complexity index is 848. The van der Waals surface area contributed by atoms with Gasteiger partial charge in [0.25, 0.3) is 11.8 Å². The summed E-state index contributed by atoms with van der Waals surface area (Å²) in [5, 5.41) is 18.5. The van der Waals surface area contributed by atoms with E-state index < -0.39 is 34.2 Å². The minimum atomic E-state index is -4.89. The van der Waals surface area contributed by atoms with Crippen molar-refractivity contribution in [1.82, 2.24) is 14.6 Å². The Labute approximate surface area is 144 Å². The van der Waals surface area contributed by atoms with Crippen molar-refractivity contribution >= 4 is 50.5 Å². The smallest absolute Gasteiger partial charge is 0.362 e. The lowest BCUT2D eigenvalue weighted by Gasteiger charge is -2.41. The van der Waals surface area contributed by atoms with Crippen LogP contribution in [0, 0.1) is 0 Å². The van der Waals surface area contributed by atoms with Crippen molar-refractivity contribution in [3.8, 4) is 0 Å². The molecule has 1 aliphatic rings. The summed E-state index contributed by atoms with van der Waals surface area (Å²) in [4.78, 5) is 32.6. The third kappa shape index (κ3) is 3.67. The Kier molecular flexibility index (Phi) is 5.19. The van der Waals surface area contributed by atoms with Gasteiger partial charge in [-0.15, -0.1) is 11.3 Å². The Balaban J connectivity index is 2.23. The summed E-state index contributed by atoms with van der Waals surface area (Å²) < 4.78 is 31.3. The fourth-order valence-electron chi connectivity index (χ4n) is 2.01. The molecule has 25 heavy (non-hydrogen) atoms. The molecule has 0 aromatic carbocycles. The van der Waals surface area contributed by atoms with Crippen LogP contribution < -0.4 is 11.1 Å². The Morgan fingerprint density at radius 3 is 2.76 bits per heavy atom. The number of nitrogen functional groups attached to an aromatic ring is 1. The number of carbonyl (C=O) groups is 2. The van der Waals surface area contributed by atoms with Crippen molar-refractivity contribution in [3.63, 3.8) is 0 Å². The summed E-state index contributed by atoms with van der Waals surface area (Å²) >= 11 is 1.04. The average Bonchev–Trinajstić information content (AvgIpc) is 2.94. The van der Waals surface area contributed by atoms with E-state index in [1.165, 1.54) is 12.5 Å². The van der Waals surface area contributed by atoms with Crippen LogP contribution in [0.15, 0.2) is 15.7 Å². The molecule has 1 aromatic heterocycles. The summed E-state index contributed by atoms with van der Waals surface area (Å²) in [5.74, 6) is -2.05. The van der Waals surface area contributed by atoms with Gasteiger partial charge in [0.05, 0.1) is 6.21 Å². The minimum Gasteiger partial charge on any atom is -0.411 e. The van der Waals surface area contributed by atoms with Gasteiger partial charge in [-0.05, 0) is 0 Å². The molecule has 136 valence electrons. The lowest BCUT2D eigenvalue weighted by atomic mass is 9.99. The molecule has 0 saturated carbocycles. The highest BCUT2D eigenvalue weighted by Crippen LogP contribution is 2.22. The second kappa shape index (κ2) is 6.99. The summed E-state index contributed by atoms with van der Waals surface area (Å²) in [7, 11) is -3.71. The lowest BCUT2D eigenvalue weighted by Crippen LogP contribution is -2.72. The van der Waals surface area contributed by atoms with Crippen molar-refractivity contribution in [2.24, 2.45) is 10.3 Å². The second-order valence-corrected chi connectivity index (χ2v) is 6.69. The van der Waals surface area contributed by atoms with E-state index in [1.807, 2.05) is 0 Å². The number of carbonyl (C=O) groups excluding carboxylic acids is 2. The highest BCUT2D eigenvalue weighted by Gasteiger charge is 2.53. The summed E-state index contributed by atoms with van der Waals surface area (Å²) in [5.41, 5.74) is 5.25. The summed E-state index contributed by atoms with van der Waals surface area (Å²) in [6.07, 6.45) is 0.661. The largest absolute Gasteiger partial charge is 0.411 e. The van der Waals surface area contributed by atoms with E-state index in [1.54, 1.807) is 0 Å². The van der Waals surface area contributed by atoms with Gasteiger partial charge >= 0.3 is 10.3 Å². The first kappa shape index (κ1) is 18.6.